The molecule has 0 saturated heterocycles. The molecule has 0 unspecified atom stereocenters. The minimum absolute atomic E-state index is 0.168. The third-order valence-electron chi connectivity index (χ3n) is 3.93. The van der Waals surface area contributed by atoms with Crippen molar-refractivity contribution in [3.8, 4) is 0 Å². The summed E-state index contributed by atoms with van der Waals surface area (Å²) in [7, 11) is -2.35. The van der Waals surface area contributed by atoms with Crippen LogP contribution in [-0.2, 0) is 21.2 Å². The molecule has 5 nitrogen and oxygen atoms in total. The molecule has 0 saturated carbocycles. The van der Waals surface area contributed by atoms with Gasteiger partial charge in [0.05, 0.1) is 23.3 Å². The van der Waals surface area contributed by atoms with Gasteiger partial charge in [0.25, 0.3) is 10.0 Å². The van der Waals surface area contributed by atoms with Gasteiger partial charge in [-0.25, -0.2) is 13.2 Å². The number of fused-ring (bicyclic) bond motifs is 1. The first-order chi connectivity index (χ1) is 11.0. The van der Waals surface area contributed by atoms with Crippen LogP contribution in [0.15, 0.2) is 53.4 Å². The Morgan fingerprint density at radius 1 is 1.09 bits per heavy atom. The first-order valence-electron chi connectivity index (χ1n) is 7.33. The van der Waals surface area contributed by atoms with Crippen molar-refractivity contribution in [2.24, 2.45) is 0 Å². The molecule has 3 rings (SSSR count). The normalized spacial score (nSPS) is 14.2. The van der Waals surface area contributed by atoms with Gasteiger partial charge in [0.2, 0.25) is 0 Å². The highest BCUT2D eigenvalue weighted by atomic mass is 32.2. The van der Waals surface area contributed by atoms with Gasteiger partial charge in [-0.05, 0) is 48.7 Å². The minimum atomic E-state index is -3.64. The number of hydrogen-bond donors (Lipinski definition) is 0. The predicted molar refractivity (Wildman–Crippen MR) is 87.1 cm³/mol. The van der Waals surface area contributed by atoms with E-state index < -0.39 is 16.0 Å². The number of benzene rings is 2. The average molecular weight is 331 g/mol. The molecular formula is C17H17NO4S. The van der Waals surface area contributed by atoms with Gasteiger partial charge in [-0.2, -0.15) is 0 Å². The number of esters is 1. The van der Waals surface area contributed by atoms with Crippen LogP contribution in [0.1, 0.15) is 22.3 Å². The zero-order chi connectivity index (χ0) is 16.4. The molecule has 2 aromatic rings. The Hall–Kier alpha value is -2.34. The summed E-state index contributed by atoms with van der Waals surface area (Å²) in [5.41, 5.74) is 2.09. The molecule has 0 aliphatic carbocycles. The lowest BCUT2D eigenvalue weighted by Crippen LogP contribution is -2.35. The standard InChI is InChI=1S/C17H17NO4S/c1-22-17(19)14-8-10-15(11-9-14)23(20,21)18-12-4-6-13-5-2-3-7-16(13)18/h2-3,5,7-11H,4,6,12H2,1H3. The molecule has 1 aliphatic heterocycles. The van der Waals surface area contributed by atoms with Crippen molar-refractivity contribution in [1.29, 1.82) is 0 Å². The van der Waals surface area contributed by atoms with E-state index in [0.29, 0.717) is 12.1 Å². The highest BCUT2D eigenvalue weighted by Crippen LogP contribution is 2.31. The van der Waals surface area contributed by atoms with Crippen LogP contribution < -0.4 is 4.31 Å². The van der Waals surface area contributed by atoms with Crippen molar-refractivity contribution in [1.82, 2.24) is 0 Å². The Kier molecular flexibility index (Phi) is 4.09. The van der Waals surface area contributed by atoms with Gasteiger partial charge >= 0.3 is 5.97 Å². The molecule has 120 valence electrons. The third-order valence-corrected chi connectivity index (χ3v) is 5.76. The van der Waals surface area contributed by atoms with Crippen molar-refractivity contribution in [3.05, 3.63) is 59.7 Å². The first kappa shape index (κ1) is 15.6. The number of carbonyl (C=O) groups excluding carboxylic acids is 1. The van der Waals surface area contributed by atoms with E-state index in [-0.39, 0.29) is 4.90 Å². The number of carbonyl (C=O) groups is 1. The van der Waals surface area contributed by atoms with E-state index in [2.05, 4.69) is 4.74 Å². The van der Waals surface area contributed by atoms with Crippen LogP contribution in [-0.4, -0.2) is 28.0 Å². The monoisotopic (exact) mass is 331 g/mol. The third kappa shape index (κ3) is 2.82. The molecular weight excluding hydrogens is 314 g/mol. The molecule has 0 spiro atoms. The second-order valence-corrected chi connectivity index (χ2v) is 7.19. The number of nitrogens with zero attached hydrogens (tertiary/aromatic N) is 1. The van der Waals surface area contributed by atoms with E-state index in [9.17, 15) is 13.2 Å². The maximum absolute atomic E-state index is 12.9. The van der Waals surface area contributed by atoms with Gasteiger partial charge in [-0.3, -0.25) is 4.31 Å². The summed E-state index contributed by atoms with van der Waals surface area (Å²) in [6.45, 7) is 0.456. The first-order valence-corrected chi connectivity index (χ1v) is 8.77. The number of methoxy groups -OCH3 is 1. The molecule has 2 aromatic carbocycles. The van der Waals surface area contributed by atoms with E-state index >= 15 is 0 Å². The lowest BCUT2D eigenvalue weighted by Gasteiger charge is -2.30. The highest BCUT2D eigenvalue weighted by molar-refractivity contribution is 7.92. The van der Waals surface area contributed by atoms with Crippen LogP contribution in [0.2, 0.25) is 0 Å². The number of sulfonamides is 1. The molecule has 0 aromatic heterocycles. The summed E-state index contributed by atoms with van der Waals surface area (Å²) in [5.74, 6) is -0.489. The van der Waals surface area contributed by atoms with E-state index in [4.69, 9.17) is 0 Å². The van der Waals surface area contributed by atoms with Crippen molar-refractivity contribution < 1.29 is 17.9 Å². The minimum Gasteiger partial charge on any atom is -0.465 e. The summed E-state index contributed by atoms with van der Waals surface area (Å²) in [4.78, 5) is 11.6. The van der Waals surface area contributed by atoms with E-state index in [0.717, 1.165) is 24.1 Å². The number of para-hydroxylation sites is 1. The maximum Gasteiger partial charge on any atom is 0.337 e. The zero-order valence-corrected chi connectivity index (χ0v) is 13.5. The molecule has 0 amide bonds. The fourth-order valence-electron chi connectivity index (χ4n) is 2.76. The van der Waals surface area contributed by atoms with Crippen LogP contribution in [0.4, 0.5) is 5.69 Å². The van der Waals surface area contributed by atoms with Gasteiger partial charge in [0, 0.05) is 6.54 Å². The number of aryl methyl sites for hydroxylation is 1. The average Bonchev–Trinajstić information content (AvgIpc) is 2.60. The second kappa shape index (κ2) is 6.04. The lowest BCUT2D eigenvalue weighted by molar-refractivity contribution is 0.0600. The molecule has 0 radical (unpaired) electrons. The highest BCUT2D eigenvalue weighted by Gasteiger charge is 2.28. The summed E-state index contributed by atoms with van der Waals surface area (Å²) in [6.07, 6.45) is 1.67. The van der Waals surface area contributed by atoms with E-state index in [1.807, 2.05) is 24.3 Å². The van der Waals surface area contributed by atoms with E-state index in [1.165, 1.54) is 35.7 Å². The summed E-state index contributed by atoms with van der Waals surface area (Å²) < 4.78 is 31.9. The largest absolute Gasteiger partial charge is 0.465 e. The molecule has 1 aliphatic rings. The number of hydrogen-bond acceptors (Lipinski definition) is 4. The fourth-order valence-corrected chi connectivity index (χ4v) is 4.30. The number of anilines is 1. The predicted octanol–water partition coefficient (Wildman–Crippen LogP) is 2.61. The quantitative estimate of drug-likeness (QED) is 0.811. The zero-order valence-electron chi connectivity index (χ0n) is 12.7. The maximum atomic E-state index is 12.9. The molecule has 0 fully saturated rings. The Labute approximate surface area is 135 Å². The molecule has 0 N–H and O–H groups in total. The number of ether oxygens (including phenoxy) is 1. The van der Waals surface area contributed by atoms with Gasteiger partial charge in [-0.1, -0.05) is 18.2 Å². The van der Waals surface area contributed by atoms with Crippen LogP contribution in [0.25, 0.3) is 0 Å². The van der Waals surface area contributed by atoms with E-state index in [1.54, 1.807) is 0 Å². The Bertz CT molecular complexity index is 828. The number of rotatable bonds is 3. The Balaban J connectivity index is 1.98. The Morgan fingerprint density at radius 3 is 2.48 bits per heavy atom. The Morgan fingerprint density at radius 2 is 1.78 bits per heavy atom. The molecule has 0 bridgehead atoms. The molecule has 6 heteroatoms. The van der Waals surface area contributed by atoms with Gasteiger partial charge < -0.3 is 4.74 Å². The summed E-state index contributed by atoms with van der Waals surface area (Å²) in [6, 6.07) is 13.4. The summed E-state index contributed by atoms with van der Waals surface area (Å²) >= 11 is 0. The fraction of sp³-hybridized carbons (Fsp3) is 0.235. The lowest BCUT2D eigenvalue weighted by atomic mass is 10.0. The van der Waals surface area contributed by atoms with Crippen molar-refractivity contribution in [2.75, 3.05) is 18.0 Å². The van der Waals surface area contributed by atoms with Crippen molar-refractivity contribution in [3.63, 3.8) is 0 Å². The van der Waals surface area contributed by atoms with Gasteiger partial charge in [0.15, 0.2) is 0 Å². The van der Waals surface area contributed by atoms with Crippen LogP contribution in [0.5, 0.6) is 0 Å². The van der Waals surface area contributed by atoms with Crippen molar-refractivity contribution >= 4 is 21.7 Å². The van der Waals surface area contributed by atoms with Crippen LogP contribution in [0, 0.1) is 0 Å². The molecule has 23 heavy (non-hydrogen) atoms. The second-order valence-electron chi connectivity index (χ2n) is 5.33. The summed E-state index contributed by atoms with van der Waals surface area (Å²) in [5, 5.41) is 0. The van der Waals surface area contributed by atoms with Gasteiger partial charge in [-0.15, -0.1) is 0 Å². The smallest absolute Gasteiger partial charge is 0.337 e. The SMILES string of the molecule is COC(=O)c1ccc(S(=O)(=O)N2CCCc3ccccc32)cc1. The molecule has 1 heterocycles. The van der Waals surface area contributed by atoms with Crippen molar-refractivity contribution in [2.45, 2.75) is 17.7 Å². The molecule has 0 atom stereocenters. The van der Waals surface area contributed by atoms with Crippen LogP contribution >= 0.6 is 0 Å². The van der Waals surface area contributed by atoms with Crippen LogP contribution in [0.3, 0.4) is 0 Å². The topological polar surface area (TPSA) is 63.7 Å². The van der Waals surface area contributed by atoms with Gasteiger partial charge in [0.1, 0.15) is 0 Å².